The van der Waals surface area contributed by atoms with Crippen LogP contribution < -0.4 is 61.2 Å². The second kappa shape index (κ2) is 13.4. The summed E-state index contributed by atoms with van der Waals surface area (Å²) in [5.41, 5.74) is 2.51. The van der Waals surface area contributed by atoms with Crippen molar-refractivity contribution in [3.8, 4) is 5.75 Å². The van der Waals surface area contributed by atoms with Crippen LogP contribution in [-0.4, -0.2) is 49.7 Å². The quantitative estimate of drug-likeness (QED) is 0.470. The van der Waals surface area contributed by atoms with Crippen LogP contribution in [0.2, 0.25) is 0 Å². The molecule has 3 rings (SSSR count). The summed E-state index contributed by atoms with van der Waals surface area (Å²) in [6.45, 7) is 3.10. The largest absolute Gasteiger partial charge is 1.00 e. The van der Waals surface area contributed by atoms with E-state index in [1.165, 1.54) is 11.1 Å². The van der Waals surface area contributed by atoms with Gasteiger partial charge in [0.1, 0.15) is 12.4 Å². The van der Waals surface area contributed by atoms with E-state index in [9.17, 15) is 14.7 Å². The van der Waals surface area contributed by atoms with Crippen LogP contribution in [0.5, 0.6) is 5.75 Å². The number of amides is 1. The summed E-state index contributed by atoms with van der Waals surface area (Å²) in [4.78, 5) is 24.5. The molecule has 0 aliphatic carbocycles. The van der Waals surface area contributed by atoms with Crippen molar-refractivity contribution in [2.24, 2.45) is 5.92 Å². The maximum Gasteiger partial charge on any atom is 1.00 e. The molecule has 31 heavy (non-hydrogen) atoms. The van der Waals surface area contributed by atoms with E-state index < -0.39 is 12.6 Å². The van der Waals surface area contributed by atoms with Crippen molar-refractivity contribution in [2.75, 3.05) is 32.9 Å². The fraction of sp³-hybridized carbons (Fsp3) is 0.417. The van der Waals surface area contributed by atoms with Gasteiger partial charge in [-0.2, -0.15) is 0 Å². The van der Waals surface area contributed by atoms with Crippen molar-refractivity contribution in [1.29, 1.82) is 0 Å². The fourth-order valence-corrected chi connectivity index (χ4v) is 4.13. The molecule has 0 radical (unpaired) electrons. The Kier molecular flexibility index (Phi) is 11.2. The van der Waals surface area contributed by atoms with Crippen LogP contribution in [0.25, 0.3) is 0 Å². The van der Waals surface area contributed by atoms with Gasteiger partial charge in [-0.3, -0.25) is 4.79 Å². The molecule has 1 fully saturated rings. The number of hydrogen-bond donors (Lipinski definition) is 0. The monoisotopic (exact) mass is 449 g/mol. The summed E-state index contributed by atoms with van der Waals surface area (Å²) >= 11 is 0. The van der Waals surface area contributed by atoms with E-state index in [1.54, 1.807) is 4.90 Å². The van der Waals surface area contributed by atoms with E-state index in [4.69, 9.17) is 9.47 Å². The molecule has 1 amide bonds. The smallest absolute Gasteiger partial charge is 0.548 e. The first kappa shape index (κ1) is 26.0. The average molecular weight is 450 g/mol. The zero-order chi connectivity index (χ0) is 21.3. The van der Waals surface area contributed by atoms with Gasteiger partial charge in [0.25, 0.3) is 0 Å². The number of benzene rings is 2. The Morgan fingerprint density at radius 3 is 2.19 bits per heavy atom. The van der Waals surface area contributed by atoms with Gasteiger partial charge in [0.05, 0.1) is 19.2 Å². The van der Waals surface area contributed by atoms with Crippen LogP contribution in [0.1, 0.15) is 36.8 Å². The molecule has 160 valence electrons. The van der Waals surface area contributed by atoms with E-state index in [0.717, 1.165) is 18.6 Å². The number of carboxylic acids is 1. The number of carboxylic acid groups (broad SMARTS) is 1. The van der Waals surface area contributed by atoms with Crippen molar-refractivity contribution in [3.05, 3.63) is 65.7 Å². The van der Waals surface area contributed by atoms with Gasteiger partial charge in [0, 0.05) is 19.0 Å². The van der Waals surface area contributed by atoms with Crippen LogP contribution in [0.15, 0.2) is 54.6 Å². The molecule has 1 atom stereocenters. The Hall–Kier alpha value is -1.22. The molecule has 1 aliphatic heterocycles. The number of piperidine rings is 1. The molecule has 1 aliphatic rings. The van der Waals surface area contributed by atoms with Crippen LogP contribution in [0, 0.1) is 5.92 Å². The number of carbonyl (C=O) groups is 2. The molecule has 1 saturated heterocycles. The van der Waals surface area contributed by atoms with Gasteiger partial charge in [-0.05, 0) is 48.9 Å². The third-order valence-electron chi connectivity index (χ3n) is 5.52. The minimum atomic E-state index is -1.32. The first-order valence-electron chi connectivity index (χ1n) is 10.4. The molecule has 0 saturated carbocycles. The predicted molar refractivity (Wildman–Crippen MR) is 111 cm³/mol. The third-order valence-corrected chi connectivity index (χ3v) is 5.52. The number of ether oxygens (including phenoxy) is 2. The van der Waals surface area contributed by atoms with Crippen LogP contribution >= 0.6 is 0 Å². The van der Waals surface area contributed by atoms with Gasteiger partial charge in [-0.15, -0.1) is 0 Å². The molecule has 7 heteroatoms. The summed E-state index contributed by atoms with van der Waals surface area (Å²) in [6, 6.07) is 18.8. The Balaban J connectivity index is 0.00000341. The molecule has 0 bridgehead atoms. The first-order chi connectivity index (χ1) is 14.6. The van der Waals surface area contributed by atoms with Gasteiger partial charge < -0.3 is 24.3 Å². The van der Waals surface area contributed by atoms with E-state index in [1.807, 2.05) is 25.1 Å². The molecule has 0 N–H and O–H groups in total. The number of hydrogen-bond acceptors (Lipinski definition) is 5. The summed E-state index contributed by atoms with van der Waals surface area (Å²) in [6.07, 6.45) is 1.75. The number of likely N-dealkylation sites (tertiary alicyclic amines) is 1. The van der Waals surface area contributed by atoms with Crippen molar-refractivity contribution >= 4 is 11.9 Å². The molecule has 2 aromatic rings. The van der Waals surface area contributed by atoms with Crippen LogP contribution in [0.4, 0.5) is 0 Å². The van der Waals surface area contributed by atoms with Gasteiger partial charge in [0.15, 0.2) is 0 Å². The molecule has 0 spiro atoms. The maximum absolute atomic E-state index is 12.3. The van der Waals surface area contributed by atoms with E-state index in [2.05, 4.69) is 36.4 Å². The molecule has 6 nitrogen and oxygen atoms in total. The number of aliphatic carboxylic acids is 1. The van der Waals surface area contributed by atoms with Gasteiger partial charge in [0.2, 0.25) is 5.91 Å². The zero-order valence-electron chi connectivity index (χ0n) is 18.3. The second-order valence-electron chi connectivity index (χ2n) is 7.47. The molecule has 1 heterocycles. The van der Waals surface area contributed by atoms with Crippen molar-refractivity contribution in [2.45, 2.75) is 25.7 Å². The Bertz CT molecular complexity index is 820. The number of rotatable bonds is 9. The maximum atomic E-state index is 12.3. The average Bonchev–Trinajstić information content (AvgIpc) is 2.76. The molecular formula is C24H28KNO5. The van der Waals surface area contributed by atoms with E-state index in [0.29, 0.717) is 25.6 Å². The fourth-order valence-electron chi connectivity index (χ4n) is 4.13. The Morgan fingerprint density at radius 2 is 1.61 bits per heavy atom. The predicted octanol–water partition coefficient (Wildman–Crippen LogP) is -0.774. The van der Waals surface area contributed by atoms with Crippen LogP contribution in [0.3, 0.4) is 0 Å². The Morgan fingerprint density at radius 1 is 1.00 bits per heavy atom. The van der Waals surface area contributed by atoms with Crippen molar-refractivity contribution in [3.63, 3.8) is 0 Å². The standard InChI is InChI=1S/C24H29NO5.K/c1-2-30-21-10-8-19(9-11-21)24(18-6-4-3-5-7-18)20-12-14-25(15-13-20)22(26)16-29-17-23(27)28;/h3-11,20,24H,2,12-17H2,1H3,(H,27,28);/q;+1/p-1. The summed E-state index contributed by atoms with van der Waals surface area (Å²) in [5.74, 6) is 0.0200. The SMILES string of the molecule is CCOc1ccc(C(c2ccccc2)C2CCN(C(=O)COCC(=O)[O-])CC2)cc1.[K+]. The molecule has 1 unspecified atom stereocenters. The van der Waals surface area contributed by atoms with E-state index in [-0.39, 0.29) is 69.8 Å². The van der Waals surface area contributed by atoms with Crippen molar-refractivity contribution < 1.29 is 75.6 Å². The van der Waals surface area contributed by atoms with Crippen molar-refractivity contribution in [1.82, 2.24) is 4.90 Å². The molecular weight excluding hydrogens is 421 g/mol. The summed E-state index contributed by atoms with van der Waals surface area (Å²) in [7, 11) is 0. The second-order valence-corrected chi connectivity index (χ2v) is 7.47. The summed E-state index contributed by atoms with van der Waals surface area (Å²) in [5, 5.41) is 10.4. The molecule has 2 aromatic carbocycles. The Labute approximate surface area is 226 Å². The molecule has 0 aromatic heterocycles. The third kappa shape index (κ3) is 7.70. The van der Waals surface area contributed by atoms with Gasteiger partial charge in [-0.1, -0.05) is 42.5 Å². The topological polar surface area (TPSA) is 78.9 Å². The summed E-state index contributed by atoms with van der Waals surface area (Å²) < 4.78 is 10.5. The van der Waals surface area contributed by atoms with Gasteiger partial charge >= 0.3 is 51.4 Å². The minimum Gasteiger partial charge on any atom is -0.548 e. The number of carbonyl (C=O) groups excluding carboxylic acids is 2. The minimum absolute atomic E-state index is 0. The first-order valence-corrected chi connectivity index (χ1v) is 10.4. The zero-order valence-corrected chi connectivity index (χ0v) is 21.4. The number of nitrogens with zero attached hydrogens (tertiary/aromatic N) is 1. The normalized spacial score (nSPS) is 15.1. The van der Waals surface area contributed by atoms with Gasteiger partial charge in [-0.25, -0.2) is 0 Å². The van der Waals surface area contributed by atoms with Crippen LogP contribution in [-0.2, 0) is 14.3 Å². The van der Waals surface area contributed by atoms with E-state index >= 15 is 0 Å².